The number of aliphatic hydroxyl groups is 1. The number of hydrogen-bond donors (Lipinski definition) is 3. The summed E-state index contributed by atoms with van der Waals surface area (Å²) in [5, 5.41) is 12.1. The van der Waals surface area contributed by atoms with Crippen molar-refractivity contribution >= 4 is 17.8 Å². The second kappa shape index (κ2) is 9.33. The van der Waals surface area contributed by atoms with Gasteiger partial charge in [0.2, 0.25) is 11.8 Å². The van der Waals surface area contributed by atoms with Crippen LogP contribution in [0.3, 0.4) is 0 Å². The van der Waals surface area contributed by atoms with Crippen molar-refractivity contribution in [3.63, 3.8) is 0 Å². The van der Waals surface area contributed by atoms with Gasteiger partial charge < -0.3 is 20.9 Å². The third-order valence-electron chi connectivity index (χ3n) is 2.94. The lowest BCUT2D eigenvalue weighted by Gasteiger charge is -2.21. The van der Waals surface area contributed by atoms with Gasteiger partial charge in [0.05, 0.1) is 12.5 Å². The zero-order chi connectivity index (χ0) is 16.6. The fourth-order valence-electron chi connectivity index (χ4n) is 1.80. The van der Waals surface area contributed by atoms with Crippen molar-refractivity contribution in [2.24, 2.45) is 17.6 Å². The monoisotopic (exact) mass is 302 g/mol. The molecule has 0 fully saturated rings. The molecule has 0 aliphatic heterocycles. The number of carbonyl (C=O) groups is 3. The third kappa shape index (κ3) is 7.65. The SMILES string of the molecule is CCOC(=O)[C@H](C)C[C@@H](NC(=O)[C@@H](O)CC(C)C)C(N)=O. The van der Waals surface area contributed by atoms with E-state index in [2.05, 4.69) is 5.32 Å². The summed E-state index contributed by atoms with van der Waals surface area (Å²) >= 11 is 0. The van der Waals surface area contributed by atoms with Crippen molar-refractivity contribution in [1.29, 1.82) is 0 Å². The molecule has 0 aromatic carbocycles. The van der Waals surface area contributed by atoms with E-state index in [0.717, 1.165) is 0 Å². The Labute approximate surface area is 125 Å². The summed E-state index contributed by atoms with van der Waals surface area (Å²) in [6.45, 7) is 7.24. The largest absolute Gasteiger partial charge is 0.466 e. The zero-order valence-electron chi connectivity index (χ0n) is 13.1. The first kappa shape index (κ1) is 19.4. The summed E-state index contributed by atoms with van der Waals surface area (Å²) in [7, 11) is 0. The van der Waals surface area contributed by atoms with Crippen LogP contribution in [0.5, 0.6) is 0 Å². The quantitative estimate of drug-likeness (QED) is 0.516. The molecule has 122 valence electrons. The average Bonchev–Trinajstić information content (AvgIpc) is 2.36. The van der Waals surface area contributed by atoms with Gasteiger partial charge in [0, 0.05) is 0 Å². The topological polar surface area (TPSA) is 119 Å². The summed E-state index contributed by atoms with van der Waals surface area (Å²) in [5.41, 5.74) is 5.22. The first-order valence-corrected chi connectivity index (χ1v) is 7.13. The first-order chi connectivity index (χ1) is 9.68. The van der Waals surface area contributed by atoms with Crippen LogP contribution in [0.4, 0.5) is 0 Å². The van der Waals surface area contributed by atoms with Crippen LogP contribution < -0.4 is 11.1 Å². The smallest absolute Gasteiger partial charge is 0.308 e. The minimum absolute atomic E-state index is 0.0360. The fourth-order valence-corrected chi connectivity index (χ4v) is 1.80. The number of hydrogen-bond acceptors (Lipinski definition) is 5. The summed E-state index contributed by atoms with van der Waals surface area (Å²) in [5.74, 6) is -2.32. The van der Waals surface area contributed by atoms with E-state index >= 15 is 0 Å². The van der Waals surface area contributed by atoms with Crippen LogP contribution in [0.15, 0.2) is 0 Å². The summed E-state index contributed by atoms with van der Waals surface area (Å²) in [6, 6.07) is -1.02. The van der Waals surface area contributed by atoms with Crippen LogP contribution in [0, 0.1) is 11.8 Å². The summed E-state index contributed by atoms with van der Waals surface area (Å²) in [6.07, 6.45) is -0.885. The van der Waals surface area contributed by atoms with Crippen molar-refractivity contribution < 1.29 is 24.2 Å². The number of amides is 2. The average molecular weight is 302 g/mol. The van der Waals surface area contributed by atoms with Crippen molar-refractivity contribution in [1.82, 2.24) is 5.32 Å². The molecule has 7 nitrogen and oxygen atoms in total. The molecule has 4 N–H and O–H groups in total. The Morgan fingerprint density at radius 1 is 1.19 bits per heavy atom. The maximum Gasteiger partial charge on any atom is 0.308 e. The Kier molecular flexibility index (Phi) is 8.61. The number of primary amides is 1. The number of rotatable bonds is 9. The van der Waals surface area contributed by atoms with Gasteiger partial charge >= 0.3 is 5.97 Å². The molecule has 0 saturated heterocycles. The molecule has 2 amide bonds. The van der Waals surface area contributed by atoms with E-state index in [1.54, 1.807) is 13.8 Å². The Bertz CT molecular complexity index is 370. The number of ether oxygens (including phenoxy) is 1. The lowest BCUT2D eigenvalue weighted by atomic mass is 10.00. The molecule has 0 aromatic heterocycles. The molecule has 0 aliphatic carbocycles. The highest BCUT2D eigenvalue weighted by atomic mass is 16.5. The molecule has 0 unspecified atom stereocenters. The number of nitrogens with one attached hydrogen (secondary N) is 1. The molecule has 7 heteroatoms. The third-order valence-corrected chi connectivity index (χ3v) is 2.94. The van der Waals surface area contributed by atoms with Crippen LogP contribution in [0.25, 0.3) is 0 Å². The van der Waals surface area contributed by atoms with Crippen molar-refractivity contribution in [2.45, 2.75) is 52.7 Å². The molecule has 0 aliphatic rings. The van der Waals surface area contributed by atoms with Gasteiger partial charge in [-0.3, -0.25) is 14.4 Å². The Morgan fingerprint density at radius 2 is 1.76 bits per heavy atom. The fraction of sp³-hybridized carbons (Fsp3) is 0.786. The van der Waals surface area contributed by atoms with Gasteiger partial charge in [-0.05, 0) is 25.7 Å². The minimum Gasteiger partial charge on any atom is -0.466 e. The van der Waals surface area contributed by atoms with E-state index in [0.29, 0.717) is 0 Å². The molecule has 0 heterocycles. The Morgan fingerprint density at radius 3 is 2.19 bits per heavy atom. The molecule has 0 saturated carbocycles. The van der Waals surface area contributed by atoms with E-state index in [1.807, 2.05) is 13.8 Å². The summed E-state index contributed by atoms with van der Waals surface area (Å²) in [4.78, 5) is 34.7. The van der Waals surface area contributed by atoms with Gasteiger partial charge in [-0.15, -0.1) is 0 Å². The number of aliphatic hydroxyl groups excluding tert-OH is 1. The maximum absolute atomic E-state index is 11.8. The second-order valence-corrected chi connectivity index (χ2v) is 5.50. The van der Waals surface area contributed by atoms with E-state index < -0.39 is 35.8 Å². The normalized spacial score (nSPS) is 15.1. The van der Waals surface area contributed by atoms with E-state index in [4.69, 9.17) is 10.5 Å². The second-order valence-electron chi connectivity index (χ2n) is 5.50. The first-order valence-electron chi connectivity index (χ1n) is 7.13. The lowest BCUT2D eigenvalue weighted by molar-refractivity contribution is -0.148. The van der Waals surface area contributed by atoms with Crippen molar-refractivity contribution in [2.75, 3.05) is 6.61 Å². The molecule has 0 rings (SSSR count). The zero-order valence-corrected chi connectivity index (χ0v) is 13.1. The lowest BCUT2D eigenvalue weighted by Crippen LogP contribution is -2.49. The maximum atomic E-state index is 11.8. The van der Waals surface area contributed by atoms with E-state index in [-0.39, 0.29) is 25.4 Å². The van der Waals surface area contributed by atoms with E-state index in [9.17, 15) is 19.5 Å². The molecular formula is C14H26N2O5. The Hall–Kier alpha value is -1.63. The highest BCUT2D eigenvalue weighted by Gasteiger charge is 2.27. The van der Waals surface area contributed by atoms with Crippen molar-refractivity contribution in [3.8, 4) is 0 Å². The van der Waals surface area contributed by atoms with Gasteiger partial charge in [0.15, 0.2) is 0 Å². The van der Waals surface area contributed by atoms with Crippen LogP contribution in [-0.4, -0.2) is 41.6 Å². The van der Waals surface area contributed by atoms with Gasteiger partial charge in [-0.1, -0.05) is 20.8 Å². The highest BCUT2D eigenvalue weighted by Crippen LogP contribution is 2.10. The van der Waals surface area contributed by atoms with Gasteiger partial charge in [0.1, 0.15) is 12.1 Å². The molecule has 3 atom stereocenters. The molecular weight excluding hydrogens is 276 g/mol. The van der Waals surface area contributed by atoms with E-state index in [1.165, 1.54) is 0 Å². The predicted octanol–water partition coefficient (Wildman–Crippen LogP) is -0.0472. The number of nitrogens with two attached hydrogens (primary N) is 1. The van der Waals surface area contributed by atoms with Crippen molar-refractivity contribution in [3.05, 3.63) is 0 Å². The van der Waals surface area contributed by atoms with Gasteiger partial charge in [-0.2, -0.15) is 0 Å². The van der Waals surface area contributed by atoms with Crippen LogP contribution >= 0.6 is 0 Å². The minimum atomic E-state index is -1.20. The van der Waals surface area contributed by atoms with Gasteiger partial charge in [0.25, 0.3) is 0 Å². The molecule has 21 heavy (non-hydrogen) atoms. The van der Waals surface area contributed by atoms with Gasteiger partial charge in [-0.25, -0.2) is 0 Å². The predicted molar refractivity (Wildman–Crippen MR) is 77.0 cm³/mol. The molecule has 0 radical (unpaired) electrons. The number of esters is 1. The number of carbonyl (C=O) groups excluding carboxylic acids is 3. The molecule has 0 bridgehead atoms. The highest BCUT2D eigenvalue weighted by molar-refractivity contribution is 5.88. The van der Waals surface area contributed by atoms with Crippen LogP contribution in [0.2, 0.25) is 0 Å². The molecule has 0 spiro atoms. The molecule has 0 aromatic rings. The summed E-state index contributed by atoms with van der Waals surface area (Å²) < 4.78 is 4.84. The van der Waals surface area contributed by atoms with Crippen LogP contribution in [0.1, 0.15) is 40.5 Å². The standard InChI is InChI=1S/C14H26N2O5/c1-5-21-14(20)9(4)7-10(12(15)18)16-13(19)11(17)6-8(2)3/h8-11,17H,5-7H2,1-4H3,(H2,15,18)(H,16,19)/t9-,10-,11+/m1/s1. The van der Waals surface area contributed by atoms with Crippen LogP contribution in [-0.2, 0) is 19.1 Å². The Balaban J connectivity index is 4.59.